The maximum absolute atomic E-state index is 12.1. The lowest BCUT2D eigenvalue weighted by Gasteiger charge is -2.34. The molecule has 0 aliphatic carbocycles. The molecule has 1 atom stereocenters. The van der Waals surface area contributed by atoms with E-state index in [1.165, 1.54) is 17.7 Å². The number of rotatable bonds is 11. The second kappa shape index (κ2) is 13.9. The van der Waals surface area contributed by atoms with Crippen molar-refractivity contribution in [1.29, 1.82) is 0 Å². The van der Waals surface area contributed by atoms with Crippen LogP contribution in [0.5, 0.6) is 0 Å². The summed E-state index contributed by atoms with van der Waals surface area (Å²) in [6.45, 7) is 5.54. The lowest BCUT2D eigenvalue weighted by molar-refractivity contribution is -0.139. The van der Waals surface area contributed by atoms with E-state index in [9.17, 15) is 9.90 Å². The molecule has 228 valence electrons. The smallest absolute Gasteiger partial charge is 0.322 e. The van der Waals surface area contributed by atoms with Gasteiger partial charge in [0.05, 0.1) is 0 Å². The van der Waals surface area contributed by atoms with Crippen molar-refractivity contribution in [3.63, 3.8) is 0 Å². The fourth-order valence-corrected chi connectivity index (χ4v) is 6.24. The van der Waals surface area contributed by atoms with Crippen LogP contribution < -0.4 is 20.9 Å². The number of benzene rings is 2. The summed E-state index contributed by atoms with van der Waals surface area (Å²) in [4.78, 5) is 28.6. The zero-order valence-electron chi connectivity index (χ0n) is 25.3. The number of nitrogens with zero attached hydrogens (tertiary/aromatic N) is 4. The first kappa shape index (κ1) is 29.6. The molecule has 0 bridgehead atoms. The molecule has 2 aliphatic rings. The molecule has 1 fully saturated rings. The first-order valence-electron chi connectivity index (χ1n) is 15.8. The van der Waals surface area contributed by atoms with Crippen LogP contribution in [0.3, 0.4) is 0 Å². The van der Waals surface area contributed by atoms with E-state index in [1.54, 1.807) is 6.33 Å². The van der Waals surface area contributed by atoms with Gasteiger partial charge in [-0.15, -0.1) is 0 Å². The van der Waals surface area contributed by atoms with E-state index in [2.05, 4.69) is 74.1 Å². The highest BCUT2D eigenvalue weighted by atomic mass is 16.4. The van der Waals surface area contributed by atoms with Gasteiger partial charge in [0.1, 0.15) is 29.8 Å². The van der Waals surface area contributed by atoms with E-state index in [0.29, 0.717) is 18.3 Å². The molecule has 9 heteroatoms. The Kier molecular flexibility index (Phi) is 9.31. The predicted molar refractivity (Wildman–Crippen MR) is 175 cm³/mol. The van der Waals surface area contributed by atoms with Gasteiger partial charge in [0, 0.05) is 49.9 Å². The van der Waals surface area contributed by atoms with Crippen molar-refractivity contribution in [2.45, 2.75) is 57.5 Å². The third-order valence-electron chi connectivity index (χ3n) is 8.79. The van der Waals surface area contributed by atoms with Crippen LogP contribution in [0.2, 0.25) is 0 Å². The summed E-state index contributed by atoms with van der Waals surface area (Å²) >= 11 is 0. The standard InChI is InChI=1S/C35H41N7O2/c1-2-29-33(38-22-31(35(43)44)37-21-24-10-12-26(13-11-24)25-7-4-3-5-8-25)39-23-40-34(29)42-19-16-27(17-20-42)30-15-14-28-9-6-18-36-32(28)41-30/h3-5,7-8,10-15,23,27,31,37H,2,6,9,16-22H2,1H3,(H,36,41)(H,43,44)(H,38,39,40)/t31-/m0/s1. The van der Waals surface area contributed by atoms with Gasteiger partial charge in [0.15, 0.2) is 0 Å². The van der Waals surface area contributed by atoms with Crippen LogP contribution in [0, 0.1) is 0 Å². The number of anilines is 3. The normalized spacial score (nSPS) is 15.7. The number of aliphatic carboxylic acids is 1. The highest BCUT2D eigenvalue weighted by Crippen LogP contribution is 2.33. The van der Waals surface area contributed by atoms with Crippen LogP contribution in [0.25, 0.3) is 11.1 Å². The molecule has 2 aliphatic heterocycles. The van der Waals surface area contributed by atoms with Gasteiger partial charge in [0.25, 0.3) is 0 Å². The second-order valence-electron chi connectivity index (χ2n) is 11.6. The number of carboxylic acids is 1. The van der Waals surface area contributed by atoms with E-state index in [1.807, 2.05) is 30.3 Å². The lowest BCUT2D eigenvalue weighted by atomic mass is 9.92. The van der Waals surface area contributed by atoms with Crippen molar-refractivity contribution in [2.24, 2.45) is 0 Å². The van der Waals surface area contributed by atoms with Crippen LogP contribution in [-0.4, -0.2) is 58.2 Å². The number of nitrogens with one attached hydrogen (secondary N) is 3. The molecular formula is C35H41N7O2. The van der Waals surface area contributed by atoms with Crippen LogP contribution in [0.1, 0.15) is 54.5 Å². The predicted octanol–water partition coefficient (Wildman–Crippen LogP) is 5.50. The largest absolute Gasteiger partial charge is 0.480 e. The first-order valence-corrected chi connectivity index (χ1v) is 15.8. The van der Waals surface area contributed by atoms with Crippen molar-refractivity contribution < 1.29 is 9.90 Å². The Morgan fingerprint density at radius 3 is 2.55 bits per heavy atom. The maximum Gasteiger partial charge on any atom is 0.322 e. The van der Waals surface area contributed by atoms with Crippen LogP contribution in [0.15, 0.2) is 73.1 Å². The summed E-state index contributed by atoms with van der Waals surface area (Å²) in [5.41, 5.74) is 6.84. The number of piperidine rings is 1. The summed E-state index contributed by atoms with van der Waals surface area (Å²) in [5.74, 6) is 2.22. The number of pyridine rings is 1. The van der Waals surface area contributed by atoms with Crippen LogP contribution in [0.4, 0.5) is 17.5 Å². The number of carboxylic acid groups (broad SMARTS) is 1. The number of fused-ring (bicyclic) bond motifs is 1. The molecule has 9 nitrogen and oxygen atoms in total. The Morgan fingerprint density at radius 2 is 1.80 bits per heavy atom. The molecule has 2 aromatic heterocycles. The third kappa shape index (κ3) is 6.83. The van der Waals surface area contributed by atoms with Crippen LogP contribution in [-0.2, 0) is 24.2 Å². The Balaban J connectivity index is 1.06. The lowest BCUT2D eigenvalue weighted by Crippen LogP contribution is -2.42. The molecule has 2 aromatic carbocycles. The van der Waals surface area contributed by atoms with Crippen molar-refractivity contribution in [1.82, 2.24) is 20.3 Å². The second-order valence-corrected chi connectivity index (χ2v) is 11.6. The summed E-state index contributed by atoms with van der Waals surface area (Å²) < 4.78 is 0. The van der Waals surface area contributed by atoms with Gasteiger partial charge < -0.3 is 20.6 Å². The van der Waals surface area contributed by atoms with E-state index < -0.39 is 12.0 Å². The summed E-state index contributed by atoms with van der Waals surface area (Å²) in [7, 11) is 0. The highest BCUT2D eigenvalue weighted by Gasteiger charge is 2.26. The maximum atomic E-state index is 12.1. The molecule has 1 saturated heterocycles. The van der Waals surface area contributed by atoms with Crippen molar-refractivity contribution in [2.75, 3.05) is 41.7 Å². The molecule has 0 amide bonds. The van der Waals surface area contributed by atoms with Crippen LogP contribution >= 0.6 is 0 Å². The van der Waals surface area contributed by atoms with Gasteiger partial charge in [0.2, 0.25) is 0 Å². The van der Waals surface area contributed by atoms with Gasteiger partial charge in [-0.1, -0.05) is 67.6 Å². The molecule has 4 heterocycles. The zero-order chi connectivity index (χ0) is 30.3. The molecule has 6 rings (SSSR count). The molecule has 44 heavy (non-hydrogen) atoms. The van der Waals surface area contributed by atoms with Gasteiger partial charge >= 0.3 is 5.97 Å². The Hall–Kier alpha value is -4.50. The number of hydrogen-bond donors (Lipinski definition) is 4. The van der Waals surface area contributed by atoms with Crippen molar-refractivity contribution >= 4 is 23.4 Å². The van der Waals surface area contributed by atoms with E-state index in [-0.39, 0.29) is 6.54 Å². The molecular weight excluding hydrogens is 550 g/mol. The molecule has 0 radical (unpaired) electrons. The number of aromatic nitrogens is 3. The number of carbonyl (C=O) groups is 1. The van der Waals surface area contributed by atoms with E-state index in [0.717, 1.165) is 79.2 Å². The van der Waals surface area contributed by atoms with Gasteiger partial charge in [-0.3, -0.25) is 10.1 Å². The minimum absolute atomic E-state index is 0.209. The summed E-state index contributed by atoms with van der Waals surface area (Å²) in [6, 6.07) is 22.1. The molecule has 0 unspecified atom stereocenters. The first-order chi connectivity index (χ1) is 21.6. The number of hydrogen-bond acceptors (Lipinski definition) is 8. The SMILES string of the molecule is CCc1c(NC[C@H](NCc2ccc(-c3ccccc3)cc2)C(=O)O)ncnc1N1CCC(c2ccc3c(n2)NCCC3)CC1. The third-order valence-corrected chi connectivity index (χ3v) is 8.79. The monoisotopic (exact) mass is 591 g/mol. The minimum atomic E-state index is -0.904. The minimum Gasteiger partial charge on any atom is -0.480 e. The molecule has 4 N–H and O–H groups in total. The highest BCUT2D eigenvalue weighted by molar-refractivity contribution is 5.74. The average Bonchev–Trinajstić information content (AvgIpc) is 3.08. The van der Waals surface area contributed by atoms with Gasteiger partial charge in [-0.2, -0.15) is 0 Å². The summed E-state index contributed by atoms with van der Waals surface area (Å²) in [6.07, 6.45) is 6.62. The fourth-order valence-electron chi connectivity index (χ4n) is 6.24. The van der Waals surface area contributed by atoms with E-state index >= 15 is 0 Å². The van der Waals surface area contributed by atoms with Gasteiger partial charge in [-0.25, -0.2) is 15.0 Å². The molecule has 4 aromatic rings. The van der Waals surface area contributed by atoms with E-state index in [4.69, 9.17) is 4.98 Å². The summed E-state index contributed by atoms with van der Waals surface area (Å²) in [5, 5.41) is 19.9. The Labute approximate surface area is 259 Å². The fraction of sp³-hybridized carbons (Fsp3) is 0.371. The quantitative estimate of drug-likeness (QED) is 0.180. The Morgan fingerprint density at radius 1 is 1.02 bits per heavy atom. The topological polar surface area (TPSA) is 115 Å². The average molecular weight is 592 g/mol. The molecule has 0 saturated carbocycles. The Bertz CT molecular complexity index is 1550. The van der Waals surface area contributed by atoms with Gasteiger partial charge in [-0.05, 0) is 60.4 Å². The van der Waals surface area contributed by atoms with Crippen molar-refractivity contribution in [3.05, 3.63) is 95.4 Å². The molecule has 0 spiro atoms. The number of aryl methyl sites for hydroxylation is 1. The zero-order valence-corrected chi connectivity index (χ0v) is 25.3. The van der Waals surface area contributed by atoms with Crippen molar-refractivity contribution in [3.8, 4) is 11.1 Å².